The van der Waals surface area contributed by atoms with E-state index in [1.54, 1.807) is 11.8 Å². The van der Waals surface area contributed by atoms with Gasteiger partial charge in [0.1, 0.15) is 0 Å². The molecule has 0 spiro atoms. The summed E-state index contributed by atoms with van der Waals surface area (Å²) < 4.78 is 5.00. The van der Waals surface area contributed by atoms with Crippen molar-refractivity contribution >= 4 is 11.7 Å². The lowest BCUT2D eigenvalue weighted by Crippen LogP contribution is -2.46. The van der Waals surface area contributed by atoms with E-state index < -0.39 is 0 Å². The second-order valence-electron chi connectivity index (χ2n) is 6.65. The average molecular weight is 344 g/mol. The van der Waals surface area contributed by atoms with Gasteiger partial charge in [-0.1, -0.05) is 24.2 Å². The number of nitrogens with zero attached hydrogens (tertiary/aromatic N) is 3. The van der Waals surface area contributed by atoms with E-state index in [2.05, 4.69) is 22.4 Å². The van der Waals surface area contributed by atoms with Crippen LogP contribution in [-0.4, -0.2) is 45.9 Å². The number of piperidine rings is 1. The van der Waals surface area contributed by atoms with E-state index in [1.807, 2.05) is 24.3 Å². The molecule has 25 heavy (non-hydrogen) atoms. The number of anilines is 1. The van der Waals surface area contributed by atoms with Crippen LogP contribution in [0.1, 0.15) is 32.1 Å². The van der Waals surface area contributed by atoms with Crippen molar-refractivity contribution in [2.45, 2.75) is 33.1 Å². The van der Waals surface area contributed by atoms with Crippen LogP contribution in [0.2, 0.25) is 0 Å². The fraction of sp³-hybridized carbons (Fsp3) is 0.500. The van der Waals surface area contributed by atoms with Gasteiger partial charge >= 0.3 is 6.03 Å². The first-order chi connectivity index (χ1) is 12.0. The van der Waals surface area contributed by atoms with Crippen molar-refractivity contribution in [1.82, 2.24) is 15.0 Å². The first-order valence-electron chi connectivity index (χ1n) is 8.63. The highest BCUT2D eigenvalue weighted by molar-refractivity contribution is 5.90. The predicted octanol–water partition coefficient (Wildman–Crippen LogP) is 3.06. The fourth-order valence-corrected chi connectivity index (χ4v) is 3.16. The van der Waals surface area contributed by atoms with Crippen molar-refractivity contribution in [2.24, 2.45) is 5.41 Å². The van der Waals surface area contributed by atoms with E-state index in [4.69, 9.17) is 4.52 Å². The Morgan fingerprint density at radius 2 is 2.16 bits per heavy atom. The molecule has 1 aliphatic heterocycles. The van der Waals surface area contributed by atoms with Crippen molar-refractivity contribution in [3.05, 3.63) is 30.2 Å². The number of amides is 2. The van der Waals surface area contributed by atoms with Gasteiger partial charge in [-0.2, -0.15) is 4.98 Å². The maximum atomic E-state index is 12.5. The highest BCUT2D eigenvalue weighted by Gasteiger charge is 2.33. The topological polar surface area (TPSA) is 91.5 Å². The molecule has 134 valence electrons. The fourth-order valence-electron chi connectivity index (χ4n) is 3.16. The highest BCUT2D eigenvalue weighted by Crippen LogP contribution is 2.34. The molecule has 0 saturated carbocycles. The number of aliphatic hydroxyl groups excluding tert-OH is 1. The molecule has 0 unspecified atom stereocenters. The summed E-state index contributed by atoms with van der Waals surface area (Å²) in [6.45, 7) is 5.33. The Morgan fingerprint density at radius 3 is 2.76 bits per heavy atom. The number of rotatable bonds is 4. The molecule has 0 atom stereocenters. The van der Waals surface area contributed by atoms with Crippen LogP contribution in [0.25, 0.3) is 11.4 Å². The number of carbonyl (C=O) groups excluding carboxylic acids is 1. The zero-order valence-electron chi connectivity index (χ0n) is 14.7. The monoisotopic (exact) mass is 344 g/mol. The molecule has 1 aromatic carbocycles. The van der Waals surface area contributed by atoms with Gasteiger partial charge in [-0.3, -0.25) is 0 Å². The largest absolute Gasteiger partial charge is 0.396 e. The standard InChI is InChI=1S/C18H24N4O3/c1-3-18(12-23)7-9-22(10-8-18)17(24)20-15-6-4-5-14(11-15)16-19-13(2)25-21-16/h4-6,11,23H,3,7-10,12H2,1-2H3,(H,20,24). The Labute approximate surface area is 147 Å². The van der Waals surface area contributed by atoms with Gasteiger partial charge < -0.3 is 19.8 Å². The number of carbonyl (C=O) groups is 1. The number of aromatic nitrogens is 2. The maximum absolute atomic E-state index is 12.5. The van der Waals surface area contributed by atoms with Gasteiger partial charge in [0.05, 0.1) is 0 Å². The van der Waals surface area contributed by atoms with Crippen molar-refractivity contribution in [3.8, 4) is 11.4 Å². The lowest BCUT2D eigenvalue weighted by molar-refractivity contribution is 0.0542. The van der Waals surface area contributed by atoms with Crippen LogP contribution < -0.4 is 5.32 Å². The van der Waals surface area contributed by atoms with Gasteiger partial charge in [0.15, 0.2) is 0 Å². The third-order valence-electron chi connectivity index (χ3n) is 5.10. The van der Waals surface area contributed by atoms with Crippen LogP contribution in [0.3, 0.4) is 0 Å². The number of hydrogen-bond donors (Lipinski definition) is 2. The summed E-state index contributed by atoms with van der Waals surface area (Å²) in [4.78, 5) is 18.5. The van der Waals surface area contributed by atoms with Gasteiger partial charge in [0, 0.05) is 37.9 Å². The highest BCUT2D eigenvalue weighted by atomic mass is 16.5. The molecule has 1 saturated heterocycles. The minimum atomic E-state index is -0.121. The molecule has 2 heterocycles. The van der Waals surface area contributed by atoms with Crippen LogP contribution in [0.4, 0.5) is 10.5 Å². The van der Waals surface area contributed by atoms with Crippen LogP contribution in [0.5, 0.6) is 0 Å². The summed E-state index contributed by atoms with van der Waals surface area (Å²) in [7, 11) is 0. The minimum Gasteiger partial charge on any atom is -0.396 e. The number of hydrogen-bond acceptors (Lipinski definition) is 5. The second kappa shape index (κ2) is 7.23. The summed E-state index contributed by atoms with van der Waals surface area (Å²) in [5.74, 6) is 1.00. The molecule has 2 aromatic rings. The maximum Gasteiger partial charge on any atom is 0.321 e. The summed E-state index contributed by atoms with van der Waals surface area (Å²) >= 11 is 0. The molecule has 2 N–H and O–H groups in total. The van der Waals surface area contributed by atoms with E-state index in [-0.39, 0.29) is 18.1 Å². The van der Waals surface area contributed by atoms with Crippen LogP contribution in [0.15, 0.2) is 28.8 Å². The minimum absolute atomic E-state index is 0.0345. The first-order valence-corrected chi connectivity index (χ1v) is 8.63. The second-order valence-corrected chi connectivity index (χ2v) is 6.65. The molecule has 0 bridgehead atoms. The van der Waals surface area contributed by atoms with E-state index >= 15 is 0 Å². The third kappa shape index (κ3) is 3.82. The van der Waals surface area contributed by atoms with Crippen molar-refractivity contribution in [1.29, 1.82) is 0 Å². The number of likely N-dealkylation sites (tertiary alicyclic amines) is 1. The van der Waals surface area contributed by atoms with Crippen LogP contribution >= 0.6 is 0 Å². The van der Waals surface area contributed by atoms with E-state index in [1.165, 1.54) is 0 Å². The number of urea groups is 1. The summed E-state index contributed by atoms with van der Waals surface area (Å²) in [5, 5.41) is 16.4. The van der Waals surface area contributed by atoms with Crippen molar-refractivity contribution < 1.29 is 14.4 Å². The van der Waals surface area contributed by atoms with Crippen molar-refractivity contribution in [2.75, 3.05) is 25.0 Å². The van der Waals surface area contributed by atoms with E-state index in [0.29, 0.717) is 30.5 Å². The molecular formula is C18H24N4O3. The lowest BCUT2D eigenvalue weighted by Gasteiger charge is -2.40. The smallest absolute Gasteiger partial charge is 0.321 e. The zero-order valence-corrected chi connectivity index (χ0v) is 14.7. The Balaban J connectivity index is 1.64. The van der Waals surface area contributed by atoms with Crippen LogP contribution in [-0.2, 0) is 0 Å². The van der Waals surface area contributed by atoms with E-state index in [0.717, 1.165) is 24.8 Å². The van der Waals surface area contributed by atoms with Gasteiger partial charge in [0.2, 0.25) is 11.7 Å². The molecule has 1 aromatic heterocycles. The van der Waals surface area contributed by atoms with Gasteiger partial charge in [0.25, 0.3) is 0 Å². The molecule has 3 rings (SSSR count). The van der Waals surface area contributed by atoms with Crippen molar-refractivity contribution in [3.63, 3.8) is 0 Å². The molecule has 1 fully saturated rings. The SMILES string of the molecule is CCC1(CO)CCN(C(=O)Nc2cccc(-c3noc(C)n3)c2)CC1. The molecule has 2 amide bonds. The normalized spacial score (nSPS) is 16.7. The zero-order chi connectivity index (χ0) is 17.9. The van der Waals surface area contributed by atoms with Gasteiger partial charge in [-0.05, 0) is 36.8 Å². The first kappa shape index (κ1) is 17.4. The van der Waals surface area contributed by atoms with Crippen LogP contribution in [0, 0.1) is 12.3 Å². The van der Waals surface area contributed by atoms with Gasteiger partial charge in [-0.25, -0.2) is 4.79 Å². The Kier molecular flexibility index (Phi) is 5.03. The molecule has 7 heteroatoms. The number of benzene rings is 1. The number of aliphatic hydroxyl groups is 1. The Morgan fingerprint density at radius 1 is 1.40 bits per heavy atom. The lowest BCUT2D eigenvalue weighted by atomic mass is 9.77. The summed E-state index contributed by atoms with van der Waals surface area (Å²) in [5.41, 5.74) is 1.45. The Hall–Kier alpha value is -2.41. The third-order valence-corrected chi connectivity index (χ3v) is 5.10. The molecule has 0 radical (unpaired) electrons. The predicted molar refractivity (Wildman–Crippen MR) is 94.1 cm³/mol. The molecular weight excluding hydrogens is 320 g/mol. The van der Waals surface area contributed by atoms with E-state index in [9.17, 15) is 9.90 Å². The number of aryl methyl sites for hydroxylation is 1. The molecule has 7 nitrogen and oxygen atoms in total. The van der Waals surface area contributed by atoms with Gasteiger partial charge in [-0.15, -0.1) is 0 Å². The molecule has 0 aliphatic carbocycles. The quantitative estimate of drug-likeness (QED) is 0.889. The average Bonchev–Trinajstić information content (AvgIpc) is 3.08. The Bertz CT molecular complexity index is 729. The summed E-state index contributed by atoms with van der Waals surface area (Å²) in [6, 6.07) is 7.26. The number of nitrogens with one attached hydrogen (secondary N) is 1. The summed E-state index contributed by atoms with van der Waals surface area (Å²) in [6.07, 6.45) is 2.59. The molecule has 1 aliphatic rings.